The number of hydrogen-bond acceptors (Lipinski definition) is 3. The fourth-order valence-electron chi connectivity index (χ4n) is 1.69. The van der Waals surface area contributed by atoms with E-state index < -0.39 is 0 Å². The molecular weight excluding hydrogens is 237 g/mol. The SMILES string of the molecule is COCc1[nH]n(Cc2ccc(F)cc2)c(=O)c1N. The Kier molecular flexibility index (Phi) is 3.47. The molecule has 0 atom stereocenters. The summed E-state index contributed by atoms with van der Waals surface area (Å²) in [6, 6.07) is 5.94. The average molecular weight is 251 g/mol. The molecule has 3 N–H and O–H groups in total. The minimum atomic E-state index is -0.308. The van der Waals surface area contributed by atoms with Crippen LogP contribution in [0.1, 0.15) is 11.3 Å². The van der Waals surface area contributed by atoms with Gasteiger partial charge in [0.25, 0.3) is 5.56 Å². The highest BCUT2D eigenvalue weighted by atomic mass is 19.1. The van der Waals surface area contributed by atoms with Crippen molar-refractivity contribution in [1.82, 2.24) is 9.78 Å². The largest absolute Gasteiger partial charge is 0.393 e. The third-order valence-corrected chi connectivity index (χ3v) is 2.61. The van der Waals surface area contributed by atoms with Crippen molar-refractivity contribution in [2.45, 2.75) is 13.2 Å². The standard InChI is InChI=1S/C12H14FN3O2/c1-18-7-10-11(14)12(17)16(15-10)6-8-2-4-9(13)5-3-8/h2-5,15H,6-7,14H2,1H3. The fourth-order valence-corrected chi connectivity index (χ4v) is 1.69. The zero-order chi connectivity index (χ0) is 13.1. The first kappa shape index (κ1) is 12.4. The summed E-state index contributed by atoms with van der Waals surface area (Å²) in [4.78, 5) is 11.8. The highest BCUT2D eigenvalue weighted by molar-refractivity contribution is 5.40. The summed E-state index contributed by atoms with van der Waals surface area (Å²) in [5, 5.41) is 2.87. The topological polar surface area (TPSA) is 73.0 Å². The number of nitrogens with one attached hydrogen (secondary N) is 1. The van der Waals surface area contributed by atoms with Crippen LogP contribution in [-0.4, -0.2) is 16.9 Å². The molecule has 1 aromatic carbocycles. The average Bonchev–Trinajstić information content (AvgIpc) is 2.61. The number of halogens is 1. The Morgan fingerprint density at radius 2 is 2.06 bits per heavy atom. The Balaban J connectivity index is 2.26. The molecule has 0 aliphatic carbocycles. The zero-order valence-electron chi connectivity index (χ0n) is 9.94. The fraction of sp³-hybridized carbons (Fsp3) is 0.250. The van der Waals surface area contributed by atoms with Crippen molar-refractivity contribution < 1.29 is 9.13 Å². The van der Waals surface area contributed by atoms with Crippen molar-refractivity contribution in [3.63, 3.8) is 0 Å². The van der Waals surface area contributed by atoms with Gasteiger partial charge in [0.15, 0.2) is 0 Å². The Morgan fingerprint density at radius 1 is 1.39 bits per heavy atom. The van der Waals surface area contributed by atoms with E-state index in [0.717, 1.165) is 5.56 Å². The van der Waals surface area contributed by atoms with Crippen molar-refractivity contribution in [3.05, 3.63) is 51.7 Å². The third-order valence-electron chi connectivity index (χ3n) is 2.61. The maximum atomic E-state index is 12.8. The Bertz CT molecular complexity index is 586. The number of benzene rings is 1. The van der Waals surface area contributed by atoms with Gasteiger partial charge in [-0.05, 0) is 17.7 Å². The summed E-state index contributed by atoms with van der Waals surface area (Å²) in [6.07, 6.45) is 0. The van der Waals surface area contributed by atoms with Gasteiger partial charge in [0.2, 0.25) is 0 Å². The number of H-pyrrole nitrogens is 1. The lowest BCUT2D eigenvalue weighted by Crippen LogP contribution is -2.19. The summed E-state index contributed by atoms with van der Waals surface area (Å²) >= 11 is 0. The number of aromatic nitrogens is 2. The summed E-state index contributed by atoms with van der Waals surface area (Å²) in [7, 11) is 1.52. The van der Waals surface area contributed by atoms with Gasteiger partial charge in [-0.3, -0.25) is 9.89 Å². The van der Waals surface area contributed by atoms with Crippen LogP contribution in [0, 0.1) is 5.82 Å². The normalized spacial score (nSPS) is 10.8. The first-order chi connectivity index (χ1) is 8.61. The molecule has 0 aliphatic rings. The summed E-state index contributed by atoms with van der Waals surface area (Å²) in [5.74, 6) is -0.308. The van der Waals surface area contributed by atoms with E-state index in [1.807, 2.05) is 0 Å². The van der Waals surface area contributed by atoms with Crippen LogP contribution in [0.15, 0.2) is 29.1 Å². The number of hydrogen-bond donors (Lipinski definition) is 2. The molecule has 18 heavy (non-hydrogen) atoms. The van der Waals surface area contributed by atoms with Crippen LogP contribution in [0.5, 0.6) is 0 Å². The molecule has 2 rings (SSSR count). The van der Waals surface area contributed by atoms with E-state index in [2.05, 4.69) is 5.10 Å². The van der Waals surface area contributed by atoms with E-state index in [-0.39, 0.29) is 23.7 Å². The molecule has 1 aromatic heterocycles. The van der Waals surface area contributed by atoms with Crippen molar-refractivity contribution in [1.29, 1.82) is 0 Å². The molecule has 2 aromatic rings. The van der Waals surface area contributed by atoms with Gasteiger partial charge in [0.05, 0.1) is 18.8 Å². The van der Waals surface area contributed by atoms with Gasteiger partial charge in [0.1, 0.15) is 11.5 Å². The first-order valence-electron chi connectivity index (χ1n) is 5.42. The second kappa shape index (κ2) is 5.05. The molecular formula is C12H14FN3O2. The molecule has 0 amide bonds. The quantitative estimate of drug-likeness (QED) is 0.854. The van der Waals surface area contributed by atoms with Crippen LogP contribution in [0.3, 0.4) is 0 Å². The van der Waals surface area contributed by atoms with E-state index in [1.54, 1.807) is 12.1 Å². The van der Waals surface area contributed by atoms with Crippen LogP contribution in [-0.2, 0) is 17.9 Å². The predicted octanol–water partition coefficient (Wildman–Crippen LogP) is 1.09. The molecule has 0 spiro atoms. The molecule has 0 radical (unpaired) electrons. The summed E-state index contributed by atoms with van der Waals surface area (Å²) < 4.78 is 19.1. The van der Waals surface area contributed by atoms with Gasteiger partial charge in [-0.15, -0.1) is 0 Å². The smallest absolute Gasteiger partial charge is 0.290 e. The van der Waals surface area contributed by atoms with Gasteiger partial charge in [-0.25, -0.2) is 9.07 Å². The van der Waals surface area contributed by atoms with E-state index >= 15 is 0 Å². The van der Waals surface area contributed by atoms with Gasteiger partial charge >= 0.3 is 0 Å². The molecule has 0 aliphatic heterocycles. The maximum absolute atomic E-state index is 12.8. The third kappa shape index (κ3) is 2.43. The minimum absolute atomic E-state index is 0.152. The van der Waals surface area contributed by atoms with Crippen molar-refractivity contribution in [3.8, 4) is 0 Å². The van der Waals surface area contributed by atoms with Gasteiger partial charge in [0, 0.05) is 7.11 Å². The van der Waals surface area contributed by atoms with Crippen LogP contribution in [0.4, 0.5) is 10.1 Å². The lowest BCUT2D eigenvalue weighted by Gasteiger charge is -2.02. The molecule has 6 heteroatoms. The molecule has 0 fully saturated rings. The number of nitrogens with zero attached hydrogens (tertiary/aromatic N) is 1. The number of ether oxygens (including phenoxy) is 1. The van der Waals surface area contributed by atoms with Crippen molar-refractivity contribution in [2.75, 3.05) is 12.8 Å². The monoisotopic (exact) mass is 251 g/mol. The lowest BCUT2D eigenvalue weighted by atomic mass is 10.2. The number of nitrogens with two attached hydrogens (primary N) is 1. The molecule has 0 bridgehead atoms. The second-order valence-corrected chi connectivity index (χ2v) is 3.95. The lowest BCUT2D eigenvalue weighted by molar-refractivity contribution is 0.181. The molecule has 96 valence electrons. The van der Waals surface area contributed by atoms with Gasteiger partial charge in [-0.2, -0.15) is 0 Å². The molecule has 0 saturated carbocycles. The van der Waals surface area contributed by atoms with E-state index in [1.165, 1.54) is 23.9 Å². The number of methoxy groups -OCH3 is 1. The number of anilines is 1. The van der Waals surface area contributed by atoms with E-state index in [9.17, 15) is 9.18 Å². The summed E-state index contributed by atoms with van der Waals surface area (Å²) in [5.41, 5.74) is 6.87. The molecule has 0 saturated heterocycles. The van der Waals surface area contributed by atoms with Crippen molar-refractivity contribution in [2.24, 2.45) is 0 Å². The number of rotatable bonds is 4. The first-order valence-corrected chi connectivity index (χ1v) is 5.42. The molecule has 5 nitrogen and oxygen atoms in total. The number of nitrogen functional groups attached to an aromatic ring is 1. The summed E-state index contributed by atoms with van der Waals surface area (Å²) in [6.45, 7) is 0.560. The zero-order valence-corrected chi connectivity index (χ0v) is 9.94. The molecule has 1 heterocycles. The van der Waals surface area contributed by atoms with E-state index in [0.29, 0.717) is 12.2 Å². The van der Waals surface area contributed by atoms with Gasteiger partial charge in [-0.1, -0.05) is 12.1 Å². The van der Waals surface area contributed by atoms with E-state index in [4.69, 9.17) is 10.5 Å². The maximum Gasteiger partial charge on any atom is 0.290 e. The predicted molar refractivity (Wildman–Crippen MR) is 65.7 cm³/mol. The Labute approximate surface area is 103 Å². The van der Waals surface area contributed by atoms with Gasteiger partial charge < -0.3 is 10.5 Å². The second-order valence-electron chi connectivity index (χ2n) is 3.95. The van der Waals surface area contributed by atoms with Crippen molar-refractivity contribution >= 4 is 5.69 Å². The minimum Gasteiger partial charge on any atom is -0.393 e. The van der Waals surface area contributed by atoms with Crippen LogP contribution in [0.25, 0.3) is 0 Å². The van der Waals surface area contributed by atoms with Crippen LogP contribution < -0.4 is 11.3 Å². The highest BCUT2D eigenvalue weighted by Crippen LogP contribution is 2.07. The van der Waals surface area contributed by atoms with Crippen LogP contribution in [0.2, 0.25) is 0 Å². The molecule has 0 unspecified atom stereocenters. The highest BCUT2D eigenvalue weighted by Gasteiger charge is 2.10. The Morgan fingerprint density at radius 3 is 2.67 bits per heavy atom. The Hall–Kier alpha value is -2.08. The van der Waals surface area contributed by atoms with Crippen LogP contribution >= 0.6 is 0 Å². The number of aromatic amines is 1.